The summed E-state index contributed by atoms with van der Waals surface area (Å²) in [5.41, 5.74) is 3.71. The number of nitrogens with zero attached hydrogens (tertiary/aromatic N) is 3. The fraction of sp³-hybridized carbons (Fsp3) is 0.474. The van der Waals surface area contributed by atoms with Crippen molar-refractivity contribution in [2.24, 2.45) is 0 Å². The lowest BCUT2D eigenvalue weighted by Crippen LogP contribution is -2.31. The third-order valence-corrected chi connectivity index (χ3v) is 7.09. The van der Waals surface area contributed by atoms with E-state index >= 15 is 0 Å². The van der Waals surface area contributed by atoms with Gasteiger partial charge in [-0.3, -0.25) is 9.48 Å². The zero-order valence-corrected chi connectivity index (χ0v) is 17.6. The molecule has 2 rings (SSSR count). The van der Waals surface area contributed by atoms with E-state index in [1.807, 2.05) is 32.0 Å². The summed E-state index contributed by atoms with van der Waals surface area (Å²) in [4.78, 5) is 12.7. The second-order valence-corrected chi connectivity index (χ2v) is 8.42. The lowest BCUT2D eigenvalue weighted by molar-refractivity contribution is -0.116. The minimum absolute atomic E-state index is 0.0478. The van der Waals surface area contributed by atoms with E-state index in [2.05, 4.69) is 10.4 Å². The molecule has 0 fully saturated rings. The number of hydrogen-bond acceptors (Lipinski definition) is 4. The van der Waals surface area contributed by atoms with Crippen LogP contribution in [0.4, 0.5) is 5.69 Å². The van der Waals surface area contributed by atoms with E-state index in [1.54, 1.807) is 27.7 Å². The maximum Gasteiger partial charge on any atom is 0.246 e. The Morgan fingerprint density at radius 2 is 1.78 bits per heavy atom. The Morgan fingerprint density at radius 1 is 1.15 bits per heavy atom. The fourth-order valence-corrected chi connectivity index (χ4v) is 4.94. The average molecular weight is 393 g/mol. The van der Waals surface area contributed by atoms with Gasteiger partial charge in [-0.1, -0.05) is 26.0 Å². The van der Waals surface area contributed by atoms with E-state index in [-0.39, 0.29) is 17.3 Å². The number of anilines is 1. The third kappa shape index (κ3) is 4.22. The normalized spacial score (nSPS) is 11.8. The van der Waals surface area contributed by atoms with Crippen molar-refractivity contribution in [2.75, 3.05) is 18.4 Å². The van der Waals surface area contributed by atoms with E-state index in [4.69, 9.17) is 0 Å². The summed E-state index contributed by atoms with van der Waals surface area (Å²) in [5.74, 6) is -0.249. The molecule has 0 aliphatic carbocycles. The first-order chi connectivity index (χ1) is 12.6. The van der Waals surface area contributed by atoms with Gasteiger partial charge in [0.05, 0.1) is 11.4 Å². The zero-order chi connectivity index (χ0) is 20.4. The van der Waals surface area contributed by atoms with Crippen molar-refractivity contribution >= 4 is 21.6 Å². The summed E-state index contributed by atoms with van der Waals surface area (Å²) < 4.78 is 28.6. The summed E-state index contributed by atoms with van der Waals surface area (Å²) in [6.07, 6.45) is 0. The number of aryl methyl sites for hydroxylation is 2. The average Bonchev–Trinajstić information content (AvgIpc) is 2.86. The van der Waals surface area contributed by atoms with Gasteiger partial charge in [0.1, 0.15) is 11.4 Å². The highest BCUT2D eigenvalue weighted by Gasteiger charge is 2.29. The quantitative estimate of drug-likeness (QED) is 0.785. The van der Waals surface area contributed by atoms with Gasteiger partial charge < -0.3 is 5.32 Å². The maximum absolute atomic E-state index is 12.9. The molecule has 0 radical (unpaired) electrons. The maximum atomic E-state index is 12.9. The number of nitrogens with one attached hydrogen (secondary N) is 1. The molecule has 0 bridgehead atoms. The SMILES string of the molecule is CCN(CC)S(=O)(=O)c1c(C)nn(CC(=O)Nc2cccc(C)c2C)c1C. The van der Waals surface area contributed by atoms with Crippen LogP contribution in [-0.2, 0) is 21.4 Å². The van der Waals surface area contributed by atoms with Crippen molar-refractivity contribution in [1.29, 1.82) is 0 Å². The summed E-state index contributed by atoms with van der Waals surface area (Å²) in [7, 11) is -3.63. The number of benzene rings is 1. The Bertz CT molecular complexity index is 944. The molecule has 1 amide bonds. The van der Waals surface area contributed by atoms with Gasteiger partial charge in [0.15, 0.2) is 0 Å². The molecule has 8 heteroatoms. The molecule has 0 spiro atoms. The Hall–Kier alpha value is -2.19. The van der Waals surface area contributed by atoms with Crippen molar-refractivity contribution in [2.45, 2.75) is 53.0 Å². The number of sulfonamides is 1. The molecule has 27 heavy (non-hydrogen) atoms. The van der Waals surface area contributed by atoms with Crippen LogP contribution in [0, 0.1) is 27.7 Å². The molecule has 0 aliphatic rings. The molecule has 0 atom stereocenters. The van der Waals surface area contributed by atoms with Gasteiger partial charge in [-0.15, -0.1) is 0 Å². The molecular weight excluding hydrogens is 364 g/mol. The van der Waals surface area contributed by atoms with Crippen LogP contribution < -0.4 is 5.32 Å². The number of aromatic nitrogens is 2. The predicted molar refractivity (Wildman–Crippen MR) is 106 cm³/mol. The predicted octanol–water partition coefficient (Wildman–Crippen LogP) is 2.79. The Kier molecular flexibility index (Phi) is 6.43. The first kappa shape index (κ1) is 21.1. The van der Waals surface area contributed by atoms with Gasteiger partial charge in [-0.2, -0.15) is 9.40 Å². The van der Waals surface area contributed by atoms with Gasteiger partial charge in [0, 0.05) is 18.8 Å². The Balaban J connectivity index is 2.28. The van der Waals surface area contributed by atoms with E-state index in [0.29, 0.717) is 24.5 Å². The molecule has 148 valence electrons. The van der Waals surface area contributed by atoms with Crippen LogP contribution in [0.1, 0.15) is 36.4 Å². The monoisotopic (exact) mass is 392 g/mol. The highest BCUT2D eigenvalue weighted by atomic mass is 32.2. The Labute approximate surface area is 161 Å². The van der Waals surface area contributed by atoms with E-state index in [1.165, 1.54) is 8.99 Å². The lowest BCUT2D eigenvalue weighted by Gasteiger charge is -2.18. The molecule has 0 aliphatic heterocycles. The van der Waals surface area contributed by atoms with Crippen molar-refractivity contribution in [3.63, 3.8) is 0 Å². The number of rotatable bonds is 7. The number of carbonyl (C=O) groups excluding carboxylic acids is 1. The first-order valence-corrected chi connectivity index (χ1v) is 10.5. The molecule has 1 N–H and O–H groups in total. The van der Waals surface area contributed by atoms with Crippen LogP contribution in [-0.4, -0.2) is 41.5 Å². The molecule has 1 aromatic heterocycles. The second-order valence-electron chi connectivity index (χ2n) is 6.54. The molecule has 0 unspecified atom stereocenters. The standard InChI is InChI=1S/C19H28N4O3S/c1-7-22(8-2)27(25,26)19-15(5)21-23(16(19)6)12-18(24)20-17-11-9-10-13(3)14(17)4/h9-11H,7-8,12H2,1-6H3,(H,20,24). The lowest BCUT2D eigenvalue weighted by atomic mass is 10.1. The van der Waals surface area contributed by atoms with E-state index in [0.717, 1.165) is 16.8 Å². The number of amides is 1. The molecule has 0 saturated carbocycles. The Morgan fingerprint density at radius 3 is 2.37 bits per heavy atom. The van der Waals surface area contributed by atoms with Gasteiger partial charge in [0.25, 0.3) is 0 Å². The van der Waals surface area contributed by atoms with Gasteiger partial charge >= 0.3 is 0 Å². The minimum Gasteiger partial charge on any atom is -0.324 e. The summed E-state index contributed by atoms with van der Waals surface area (Å²) in [5, 5.41) is 7.18. The summed E-state index contributed by atoms with van der Waals surface area (Å²) >= 11 is 0. The molecular formula is C19H28N4O3S. The largest absolute Gasteiger partial charge is 0.324 e. The highest BCUT2D eigenvalue weighted by molar-refractivity contribution is 7.89. The van der Waals surface area contributed by atoms with Gasteiger partial charge in [-0.05, 0) is 44.9 Å². The van der Waals surface area contributed by atoms with Crippen LogP contribution in [0.3, 0.4) is 0 Å². The van der Waals surface area contributed by atoms with Crippen LogP contribution in [0.5, 0.6) is 0 Å². The summed E-state index contributed by atoms with van der Waals surface area (Å²) in [6.45, 7) is 11.6. The molecule has 1 heterocycles. The van der Waals surface area contributed by atoms with E-state index in [9.17, 15) is 13.2 Å². The number of carbonyl (C=O) groups is 1. The molecule has 1 aromatic carbocycles. The smallest absolute Gasteiger partial charge is 0.246 e. The highest BCUT2D eigenvalue weighted by Crippen LogP contribution is 2.24. The number of hydrogen-bond donors (Lipinski definition) is 1. The van der Waals surface area contributed by atoms with E-state index < -0.39 is 10.0 Å². The molecule has 2 aromatic rings. The van der Waals surface area contributed by atoms with Crippen molar-refractivity contribution in [3.8, 4) is 0 Å². The molecule has 7 nitrogen and oxygen atoms in total. The van der Waals surface area contributed by atoms with Gasteiger partial charge in [0.2, 0.25) is 15.9 Å². The summed E-state index contributed by atoms with van der Waals surface area (Å²) in [6, 6.07) is 5.71. The topological polar surface area (TPSA) is 84.3 Å². The minimum atomic E-state index is -3.63. The van der Waals surface area contributed by atoms with Crippen LogP contribution >= 0.6 is 0 Å². The van der Waals surface area contributed by atoms with Crippen LogP contribution in [0.2, 0.25) is 0 Å². The zero-order valence-electron chi connectivity index (χ0n) is 16.8. The van der Waals surface area contributed by atoms with Crippen molar-refractivity contribution in [3.05, 3.63) is 40.7 Å². The second kappa shape index (κ2) is 8.22. The van der Waals surface area contributed by atoms with Crippen LogP contribution in [0.15, 0.2) is 23.1 Å². The van der Waals surface area contributed by atoms with Crippen molar-refractivity contribution < 1.29 is 13.2 Å². The van der Waals surface area contributed by atoms with Gasteiger partial charge in [-0.25, -0.2) is 8.42 Å². The van der Waals surface area contributed by atoms with Crippen molar-refractivity contribution in [1.82, 2.24) is 14.1 Å². The first-order valence-electron chi connectivity index (χ1n) is 9.03. The molecule has 0 saturated heterocycles. The third-order valence-electron chi connectivity index (χ3n) is 4.79. The van der Waals surface area contributed by atoms with Crippen LogP contribution in [0.25, 0.3) is 0 Å². The fourth-order valence-electron chi connectivity index (χ4n) is 3.11.